The zero-order valence-corrected chi connectivity index (χ0v) is 11.0. The molecule has 0 bridgehead atoms. The molecular formula is C12H14N2O3S. The summed E-state index contributed by atoms with van der Waals surface area (Å²) in [4.78, 5) is 11.8. The average Bonchev–Trinajstić information content (AvgIpc) is 2.30. The smallest absolute Gasteiger partial charge is 0.241 e. The third kappa shape index (κ3) is 3.57. The van der Waals surface area contributed by atoms with Crippen LogP contribution in [0, 0.1) is 17.2 Å². The van der Waals surface area contributed by atoms with Crippen molar-refractivity contribution in [3.63, 3.8) is 0 Å². The molecule has 18 heavy (non-hydrogen) atoms. The van der Waals surface area contributed by atoms with Crippen LogP contribution in [0.5, 0.6) is 0 Å². The molecule has 0 spiro atoms. The maximum Gasteiger partial charge on any atom is 0.241 e. The van der Waals surface area contributed by atoms with Crippen LogP contribution < -0.4 is 5.32 Å². The lowest BCUT2D eigenvalue weighted by molar-refractivity contribution is -0.118. The molecular weight excluding hydrogens is 252 g/mol. The standard InChI is InChI=1S/C12H14N2O3S/c1-3-9(8-13)12(15)14-10-4-6-11(7-5-10)18(2,16)17/h4-7,9H,3H2,1-2H3,(H,14,15). The Kier molecular flexibility index (Phi) is 4.45. The minimum absolute atomic E-state index is 0.188. The van der Waals surface area contributed by atoms with Gasteiger partial charge in [-0.2, -0.15) is 5.26 Å². The first-order valence-corrected chi connectivity index (χ1v) is 7.28. The first-order chi connectivity index (χ1) is 8.38. The fourth-order valence-corrected chi connectivity index (χ4v) is 1.98. The minimum atomic E-state index is -3.24. The number of carbonyl (C=O) groups is 1. The molecule has 5 nitrogen and oxygen atoms in total. The number of nitrogens with zero attached hydrogens (tertiary/aromatic N) is 1. The average molecular weight is 266 g/mol. The van der Waals surface area contributed by atoms with Gasteiger partial charge in [0.15, 0.2) is 9.84 Å². The van der Waals surface area contributed by atoms with Gasteiger partial charge in [0.1, 0.15) is 5.92 Å². The lowest BCUT2D eigenvalue weighted by atomic mass is 10.1. The second-order valence-corrected chi connectivity index (χ2v) is 5.89. The van der Waals surface area contributed by atoms with E-state index in [0.717, 1.165) is 6.26 Å². The van der Waals surface area contributed by atoms with E-state index < -0.39 is 15.8 Å². The lowest BCUT2D eigenvalue weighted by Crippen LogP contribution is -2.20. The van der Waals surface area contributed by atoms with Gasteiger partial charge in [-0.05, 0) is 30.7 Å². The molecule has 1 unspecified atom stereocenters. The summed E-state index contributed by atoms with van der Waals surface area (Å²) in [5.74, 6) is -1.08. The lowest BCUT2D eigenvalue weighted by Gasteiger charge is -2.08. The molecule has 0 aliphatic rings. The minimum Gasteiger partial charge on any atom is -0.325 e. The first kappa shape index (κ1) is 14.2. The van der Waals surface area contributed by atoms with E-state index in [2.05, 4.69) is 5.32 Å². The van der Waals surface area contributed by atoms with Gasteiger partial charge in [-0.3, -0.25) is 4.79 Å². The number of anilines is 1. The van der Waals surface area contributed by atoms with Gasteiger partial charge in [-0.15, -0.1) is 0 Å². The van der Waals surface area contributed by atoms with Crippen molar-refractivity contribution in [3.05, 3.63) is 24.3 Å². The van der Waals surface area contributed by atoms with Gasteiger partial charge in [-0.25, -0.2) is 8.42 Å². The van der Waals surface area contributed by atoms with Crippen LogP contribution >= 0.6 is 0 Å². The van der Waals surface area contributed by atoms with Gasteiger partial charge in [0.2, 0.25) is 5.91 Å². The highest BCUT2D eigenvalue weighted by Gasteiger charge is 2.15. The molecule has 0 saturated heterocycles. The second-order valence-electron chi connectivity index (χ2n) is 3.88. The highest BCUT2D eigenvalue weighted by Crippen LogP contribution is 2.15. The van der Waals surface area contributed by atoms with Gasteiger partial charge >= 0.3 is 0 Å². The van der Waals surface area contributed by atoms with E-state index in [-0.39, 0.29) is 10.8 Å². The van der Waals surface area contributed by atoms with Crippen LogP contribution in [0.25, 0.3) is 0 Å². The van der Waals surface area contributed by atoms with E-state index in [1.54, 1.807) is 6.92 Å². The van der Waals surface area contributed by atoms with Gasteiger partial charge in [0.25, 0.3) is 0 Å². The van der Waals surface area contributed by atoms with E-state index in [1.807, 2.05) is 6.07 Å². The molecule has 1 aromatic carbocycles. The predicted molar refractivity (Wildman–Crippen MR) is 67.6 cm³/mol. The summed E-state index contributed by atoms with van der Waals surface area (Å²) in [7, 11) is -3.24. The fourth-order valence-electron chi connectivity index (χ4n) is 1.35. The molecule has 0 radical (unpaired) electrons. The Hall–Kier alpha value is -1.87. The zero-order valence-electron chi connectivity index (χ0n) is 10.2. The summed E-state index contributed by atoms with van der Waals surface area (Å²) in [6.45, 7) is 1.75. The van der Waals surface area contributed by atoms with E-state index in [1.165, 1.54) is 24.3 Å². The molecule has 0 saturated carbocycles. The van der Waals surface area contributed by atoms with E-state index in [4.69, 9.17) is 5.26 Å². The van der Waals surface area contributed by atoms with Crippen molar-refractivity contribution in [3.8, 4) is 6.07 Å². The SMILES string of the molecule is CCC(C#N)C(=O)Nc1ccc(S(C)(=O)=O)cc1. The Labute approximate surface area is 106 Å². The van der Waals surface area contributed by atoms with Crippen molar-refractivity contribution in [2.45, 2.75) is 18.2 Å². The normalized spacial score (nSPS) is 12.5. The molecule has 1 atom stereocenters. The van der Waals surface area contributed by atoms with Crippen molar-refractivity contribution in [2.75, 3.05) is 11.6 Å². The first-order valence-electron chi connectivity index (χ1n) is 5.39. The van der Waals surface area contributed by atoms with Crippen LogP contribution in [0.4, 0.5) is 5.69 Å². The van der Waals surface area contributed by atoms with Gasteiger partial charge < -0.3 is 5.32 Å². The quantitative estimate of drug-likeness (QED) is 0.896. The van der Waals surface area contributed by atoms with Gasteiger partial charge in [-0.1, -0.05) is 6.92 Å². The van der Waals surface area contributed by atoms with Crippen LogP contribution in [0.3, 0.4) is 0 Å². The maximum absolute atomic E-state index is 11.6. The maximum atomic E-state index is 11.6. The highest BCUT2D eigenvalue weighted by atomic mass is 32.2. The number of hydrogen-bond acceptors (Lipinski definition) is 4. The molecule has 6 heteroatoms. The van der Waals surface area contributed by atoms with Crippen LogP contribution in [0.2, 0.25) is 0 Å². The number of hydrogen-bond donors (Lipinski definition) is 1. The molecule has 0 fully saturated rings. The molecule has 1 N–H and O–H groups in total. The van der Waals surface area contributed by atoms with Crippen molar-refractivity contribution < 1.29 is 13.2 Å². The van der Waals surface area contributed by atoms with Crippen LogP contribution in [-0.2, 0) is 14.6 Å². The molecule has 96 valence electrons. The Morgan fingerprint density at radius 2 is 1.94 bits per heavy atom. The van der Waals surface area contributed by atoms with E-state index >= 15 is 0 Å². The highest BCUT2D eigenvalue weighted by molar-refractivity contribution is 7.90. The van der Waals surface area contributed by atoms with Crippen LogP contribution in [-0.4, -0.2) is 20.6 Å². The zero-order chi connectivity index (χ0) is 13.8. The second kappa shape index (κ2) is 5.65. The van der Waals surface area contributed by atoms with Gasteiger partial charge in [0.05, 0.1) is 11.0 Å². The number of rotatable bonds is 4. The van der Waals surface area contributed by atoms with Crippen molar-refractivity contribution >= 4 is 21.4 Å². The molecule has 0 aromatic heterocycles. The third-order valence-electron chi connectivity index (χ3n) is 2.43. The molecule has 0 heterocycles. The number of nitrogens with one attached hydrogen (secondary N) is 1. The fraction of sp³-hybridized carbons (Fsp3) is 0.333. The van der Waals surface area contributed by atoms with Crippen LogP contribution in [0.15, 0.2) is 29.2 Å². The Morgan fingerprint density at radius 1 is 1.39 bits per heavy atom. The summed E-state index contributed by atoms with van der Waals surface area (Å²) >= 11 is 0. The summed E-state index contributed by atoms with van der Waals surface area (Å²) in [5, 5.41) is 11.3. The number of benzene rings is 1. The van der Waals surface area contributed by atoms with E-state index in [0.29, 0.717) is 12.1 Å². The molecule has 1 rings (SSSR count). The van der Waals surface area contributed by atoms with Crippen molar-refractivity contribution in [1.82, 2.24) is 0 Å². The van der Waals surface area contributed by atoms with Crippen LogP contribution in [0.1, 0.15) is 13.3 Å². The summed E-state index contributed by atoms with van der Waals surface area (Å²) in [5.41, 5.74) is 0.473. The largest absolute Gasteiger partial charge is 0.325 e. The third-order valence-corrected chi connectivity index (χ3v) is 3.56. The Bertz CT molecular complexity index is 570. The van der Waals surface area contributed by atoms with Gasteiger partial charge in [0, 0.05) is 11.9 Å². The van der Waals surface area contributed by atoms with Crippen molar-refractivity contribution in [1.29, 1.82) is 5.26 Å². The Balaban J connectivity index is 2.83. The molecule has 1 amide bonds. The summed E-state index contributed by atoms with van der Waals surface area (Å²) < 4.78 is 22.5. The number of nitriles is 1. The molecule has 0 aliphatic heterocycles. The van der Waals surface area contributed by atoms with E-state index in [9.17, 15) is 13.2 Å². The number of sulfone groups is 1. The number of carbonyl (C=O) groups excluding carboxylic acids is 1. The predicted octanol–water partition coefficient (Wildman–Crippen LogP) is 1.58. The monoisotopic (exact) mass is 266 g/mol. The topological polar surface area (TPSA) is 87.0 Å². The number of amides is 1. The molecule has 0 aliphatic carbocycles. The molecule has 1 aromatic rings. The Morgan fingerprint density at radius 3 is 2.33 bits per heavy atom. The summed E-state index contributed by atoms with van der Waals surface area (Å²) in [6.07, 6.45) is 1.55. The van der Waals surface area contributed by atoms with Crippen molar-refractivity contribution in [2.24, 2.45) is 5.92 Å². The summed E-state index contributed by atoms with van der Waals surface area (Å²) in [6, 6.07) is 7.73.